The average Bonchev–Trinajstić information content (AvgIpc) is 2.08. The smallest absolute Gasteiger partial charge is 0.337 e. The van der Waals surface area contributed by atoms with E-state index < -0.39 is 17.9 Å². The lowest BCUT2D eigenvalue weighted by Crippen LogP contribution is -2.12. The Morgan fingerprint density at radius 2 is 2.15 bits per heavy atom. The van der Waals surface area contributed by atoms with Crippen molar-refractivity contribution >= 4 is 17.6 Å². The first-order valence-corrected chi connectivity index (χ1v) is 3.76. The van der Waals surface area contributed by atoms with Crippen LogP contribution in [-0.4, -0.2) is 16.2 Å². The van der Waals surface area contributed by atoms with E-state index in [2.05, 4.69) is 0 Å². The third kappa shape index (κ3) is 2.17. The van der Waals surface area contributed by atoms with Gasteiger partial charge in [-0.05, 0) is 18.2 Å². The average molecular weight is 205 g/mol. The van der Waals surface area contributed by atoms with Crippen molar-refractivity contribution in [2.45, 2.75) is 6.10 Å². The lowest BCUT2D eigenvalue weighted by Gasteiger charge is -2.06. The molecular formula is C8H6ClFO3. The van der Waals surface area contributed by atoms with Crippen LogP contribution in [0.2, 0.25) is 5.02 Å². The van der Waals surface area contributed by atoms with Crippen LogP contribution in [0.25, 0.3) is 0 Å². The number of rotatable bonds is 2. The van der Waals surface area contributed by atoms with Crippen LogP contribution in [0.4, 0.5) is 4.39 Å². The molecule has 1 atom stereocenters. The second kappa shape index (κ2) is 3.72. The minimum absolute atomic E-state index is 0.178. The molecule has 0 aliphatic heterocycles. The Labute approximate surface area is 78.4 Å². The van der Waals surface area contributed by atoms with E-state index in [1.54, 1.807) is 0 Å². The first-order chi connectivity index (χ1) is 6.02. The van der Waals surface area contributed by atoms with Crippen LogP contribution in [0.3, 0.4) is 0 Å². The second-order valence-electron chi connectivity index (χ2n) is 2.41. The molecular weight excluding hydrogens is 199 g/mol. The number of halogens is 2. The number of aliphatic carboxylic acids is 1. The molecule has 70 valence electrons. The van der Waals surface area contributed by atoms with Crippen LogP contribution in [0.1, 0.15) is 11.7 Å². The number of carboxylic acid groups (broad SMARTS) is 1. The Morgan fingerprint density at radius 1 is 1.54 bits per heavy atom. The van der Waals surface area contributed by atoms with Crippen LogP contribution in [-0.2, 0) is 4.79 Å². The fraction of sp³-hybridized carbons (Fsp3) is 0.125. The third-order valence-corrected chi connectivity index (χ3v) is 1.72. The number of aliphatic hydroxyl groups is 1. The molecule has 0 aliphatic carbocycles. The normalized spacial score (nSPS) is 12.5. The quantitative estimate of drug-likeness (QED) is 0.769. The van der Waals surface area contributed by atoms with Crippen molar-refractivity contribution in [2.24, 2.45) is 0 Å². The van der Waals surface area contributed by atoms with E-state index in [4.69, 9.17) is 21.8 Å². The molecule has 0 saturated carbocycles. The molecule has 5 heteroatoms. The highest BCUT2D eigenvalue weighted by atomic mass is 35.5. The fourth-order valence-corrected chi connectivity index (χ4v) is 1.04. The molecule has 0 aliphatic rings. The molecule has 3 nitrogen and oxygen atoms in total. The van der Waals surface area contributed by atoms with Crippen molar-refractivity contribution < 1.29 is 19.4 Å². The number of carbonyl (C=O) groups is 1. The second-order valence-corrected chi connectivity index (χ2v) is 2.84. The molecule has 1 aromatic carbocycles. The van der Waals surface area contributed by atoms with Crippen LogP contribution in [0.5, 0.6) is 0 Å². The van der Waals surface area contributed by atoms with Gasteiger partial charge in [0.05, 0.1) is 0 Å². The number of benzene rings is 1. The molecule has 0 saturated heterocycles. The maximum Gasteiger partial charge on any atom is 0.337 e. The van der Waals surface area contributed by atoms with Gasteiger partial charge in [0, 0.05) is 10.6 Å². The van der Waals surface area contributed by atoms with Crippen molar-refractivity contribution in [2.75, 3.05) is 0 Å². The zero-order chi connectivity index (χ0) is 10.0. The lowest BCUT2D eigenvalue weighted by molar-refractivity contribution is -0.147. The summed E-state index contributed by atoms with van der Waals surface area (Å²) in [5, 5.41) is 17.6. The Kier molecular flexibility index (Phi) is 2.85. The van der Waals surface area contributed by atoms with E-state index in [0.29, 0.717) is 0 Å². The van der Waals surface area contributed by atoms with Gasteiger partial charge in [-0.25, -0.2) is 9.18 Å². The summed E-state index contributed by atoms with van der Waals surface area (Å²) in [6, 6.07) is 3.36. The summed E-state index contributed by atoms with van der Waals surface area (Å²) in [7, 11) is 0. The number of hydrogen-bond donors (Lipinski definition) is 2. The van der Waals surface area contributed by atoms with E-state index in [1.165, 1.54) is 6.07 Å². The van der Waals surface area contributed by atoms with Crippen molar-refractivity contribution in [1.82, 2.24) is 0 Å². The van der Waals surface area contributed by atoms with Crippen molar-refractivity contribution in [3.63, 3.8) is 0 Å². The molecule has 0 spiro atoms. The third-order valence-electron chi connectivity index (χ3n) is 1.49. The van der Waals surface area contributed by atoms with Gasteiger partial charge < -0.3 is 10.2 Å². The molecule has 0 aromatic heterocycles. The Balaban J connectivity index is 3.12. The van der Waals surface area contributed by atoms with Gasteiger partial charge in [0.25, 0.3) is 0 Å². The molecule has 2 N–H and O–H groups in total. The van der Waals surface area contributed by atoms with Gasteiger partial charge in [0.15, 0.2) is 6.10 Å². The molecule has 0 heterocycles. The largest absolute Gasteiger partial charge is 0.479 e. The fourth-order valence-electron chi connectivity index (χ4n) is 0.857. The van der Waals surface area contributed by atoms with Crippen molar-refractivity contribution in [3.8, 4) is 0 Å². The lowest BCUT2D eigenvalue weighted by atomic mass is 10.1. The number of hydrogen-bond acceptors (Lipinski definition) is 2. The zero-order valence-corrected chi connectivity index (χ0v) is 7.12. The summed E-state index contributed by atoms with van der Waals surface area (Å²) >= 11 is 5.49. The maximum absolute atomic E-state index is 12.9. The number of aliphatic hydroxyl groups excluding tert-OH is 1. The first kappa shape index (κ1) is 9.95. The van der Waals surface area contributed by atoms with Crippen LogP contribution in [0, 0.1) is 5.82 Å². The van der Waals surface area contributed by atoms with Crippen LogP contribution < -0.4 is 0 Å². The zero-order valence-electron chi connectivity index (χ0n) is 6.37. The highest BCUT2D eigenvalue weighted by molar-refractivity contribution is 6.30. The minimum atomic E-state index is -1.88. The molecule has 1 rings (SSSR count). The van der Waals surface area contributed by atoms with Crippen LogP contribution >= 0.6 is 11.6 Å². The van der Waals surface area contributed by atoms with Gasteiger partial charge >= 0.3 is 5.97 Å². The minimum Gasteiger partial charge on any atom is -0.479 e. The molecule has 0 unspecified atom stereocenters. The summed E-state index contributed by atoms with van der Waals surface area (Å²) in [5.74, 6) is -2.31. The molecule has 0 bridgehead atoms. The van der Waals surface area contributed by atoms with Gasteiger partial charge in [0.1, 0.15) is 5.82 Å². The Bertz CT molecular complexity index is 340. The Morgan fingerprint density at radius 3 is 2.69 bits per heavy atom. The summed E-state index contributed by atoms with van der Waals surface area (Å²) in [6.45, 7) is 0. The summed E-state index contributed by atoms with van der Waals surface area (Å²) < 4.78 is 12.9. The van der Waals surface area contributed by atoms with E-state index in [1.807, 2.05) is 0 Å². The van der Waals surface area contributed by atoms with E-state index in [-0.39, 0.29) is 10.6 Å². The summed E-state index contributed by atoms with van der Waals surface area (Å²) in [5.41, 5.74) is -0.333. The van der Waals surface area contributed by atoms with E-state index in [0.717, 1.165) is 12.1 Å². The van der Waals surface area contributed by atoms with Gasteiger partial charge in [0.2, 0.25) is 0 Å². The molecule has 1 aromatic rings. The monoisotopic (exact) mass is 204 g/mol. The molecule has 0 fully saturated rings. The standard InChI is InChI=1S/C8H6ClFO3/c9-4-1-2-6(10)5(3-4)7(11)8(12)13/h1-3,7,11H,(H,12,13)/t7-/m0/s1. The highest BCUT2D eigenvalue weighted by Crippen LogP contribution is 2.21. The first-order valence-electron chi connectivity index (χ1n) is 3.38. The van der Waals surface area contributed by atoms with Crippen LogP contribution in [0.15, 0.2) is 18.2 Å². The predicted octanol–water partition coefficient (Wildman–Crippen LogP) is 1.60. The van der Waals surface area contributed by atoms with Crippen molar-refractivity contribution in [1.29, 1.82) is 0 Å². The van der Waals surface area contributed by atoms with Gasteiger partial charge in [-0.15, -0.1) is 0 Å². The summed E-state index contributed by atoms with van der Waals surface area (Å²) in [6.07, 6.45) is -1.88. The number of carboxylic acids is 1. The summed E-state index contributed by atoms with van der Waals surface area (Å²) in [4.78, 5) is 10.3. The predicted molar refractivity (Wildman–Crippen MR) is 44.0 cm³/mol. The SMILES string of the molecule is O=C(O)[C@@H](O)c1cc(Cl)ccc1F. The maximum atomic E-state index is 12.9. The molecule has 0 radical (unpaired) electrons. The van der Waals surface area contributed by atoms with Crippen molar-refractivity contribution in [3.05, 3.63) is 34.6 Å². The van der Waals surface area contributed by atoms with Gasteiger partial charge in [-0.1, -0.05) is 11.6 Å². The topological polar surface area (TPSA) is 57.5 Å². The van der Waals surface area contributed by atoms with E-state index in [9.17, 15) is 9.18 Å². The van der Waals surface area contributed by atoms with E-state index >= 15 is 0 Å². The van der Waals surface area contributed by atoms with Gasteiger partial charge in [-0.2, -0.15) is 0 Å². The highest BCUT2D eigenvalue weighted by Gasteiger charge is 2.19. The molecule has 13 heavy (non-hydrogen) atoms. The Hall–Kier alpha value is -1.13. The molecule has 0 amide bonds. The van der Waals surface area contributed by atoms with Gasteiger partial charge in [-0.3, -0.25) is 0 Å².